The van der Waals surface area contributed by atoms with Crippen molar-refractivity contribution in [2.75, 3.05) is 13.2 Å². The molecule has 1 aromatic rings. The number of nitrogens with one attached hydrogen (secondary N) is 1. The highest BCUT2D eigenvalue weighted by Gasteiger charge is 2.17. The number of ether oxygens (including phenoxy) is 1. The molecule has 0 amide bonds. The monoisotopic (exact) mass is 325 g/mol. The minimum absolute atomic E-state index is 0.186. The van der Waals surface area contributed by atoms with Crippen molar-refractivity contribution in [3.63, 3.8) is 0 Å². The summed E-state index contributed by atoms with van der Waals surface area (Å²) in [5.74, 6) is -0.322. The van der Waals surface area contributed by atoms with E-state index in [1.165, 1.54) is 6.07 Å². The Balaban J connectivity index is 2.46. The Morgan fingerprint density at radius 1 is 1.53 bits per heavy atom. The van der Waals surface area contributed by atoms with Gasteiger partial charge in [0.25, 0.3) is 0 Å². The lowest BCUT2D eigenvalue weighted by atomic mass is 10.3. The predicted molar refractivity (Wildman–Crippen MR) is 75.1 cm³/mol. The van der Waals surface area contributed by atoms with Gasteiger partial charge in [0.05, 0.1) is 10.9 Å². The molecule has 0 fully saturated rings. The first-order chi connectivity index (χ1) is 8.86. The summed E-state index contributed by atoms with van der Waals surface area (Å²) in [6, 6.07) is 1.53. The summed E-state index contributed by atoms with van der Waals surface area (Å²) in [7, 11) is -3.54. The number of halogens is 1. The van der Waals surface area contributed by atoms with Crippen molar-refractivity contribution in [3.8, 4) is 0 Å². The number of aryl methyl sites for hydroxylation is 1. The minimum atomic E-state index is -3.54. The molecule has 5 nitrogen and oxygen atoms in total. The van der Waals surface area contributed by atoms with Crippen LogP contribution in [-0.2, 0) is 19.6 Å². The molecular weight excluding hydrogens is 310 g/mol. The molecule has 1 aromatic heterocycles. The Morgan fingerprint density at radius 3 is 2.74 bits per heavy atom. The van der Waals surface area contributed by atoms with E-state index in [2.05, 4.69) is 4.72 Å². The van der Waals surface area contributed by atoms with E-state index in [0.717, 1.165) is 16.9 Å². The maximum atomic E-state index is 11.9. The Labute approximate surface area is 122 Å². The first-order valence-electron chi connectivity index (χ1n) is 5.78. The Morgan fingerprint density at radius 2 is 2.21 bits per heavy atom. The third-order valence-electron chi connectivity index (χ3n) is 2.25. The molecule has 1 N–H and O–H groups in total. The molecule has 108 valence electrons. The van der Waals surface area contributed by atoms with Crippen LogP contribution in [0.15, 0.2) is 10.3 Å². The van der Waals surface area contributed by atoms with Crippen LogP contribution in [-0.4, -0.2) is 27.5 Å². The lowest BCUT2D eigenvalue weighted by molar-refractivity contribution is -0.143. The number of carbonyl (C=O) groups excluding carboxylic acids is 1. The van der Waals surface area contributed by atoms with Crippen LogP contribution in [0.2, 0.25) is 4.34 Å². The number of hydrogen-bond acceptors (Lipinski definition) is 5. The van der Waals surface area contributed by atoms with E-state index in [1.54, 1.807) is 13.8 Å². The second-order valence-corrected chi connectivity index (χ2v) is 7.48. The maximum absolute atomic E-state index is 11.9. The van der Waals surface area contributed by atoms with Crippen LogP contribution in [0, 0.1) is 6.92 Å². The van der Waals surface area contributed by atoms with Gasteiger partial charge in [0.1, 0.15) is 4.21 Å². The summed E-state index contributed by atoms with van der Waals surface area (Å²) < 4.78 is 31.6. The van der Waals surface area contributed by atoms with Crippen molar-refractivity contribution in [3.05, 3.63) is 16.0 Å². The summed E-state index contributed by atoms with van der Waals surface area (Å²) in [6.45, 7) is 4.00. The predicted octanol–water partition coefficient (Wildman–Crippen LogP) is 2.33. The lowest BCUT2D eigenvalue weighted by Gasteiger charge is -2.04. The van der Waals surface area contributed by atoms with Crippen molar-refractivity contribution in [1.29, 1.82) is 0 Å². The highest BCUT2D eigenvalue weighted by molar-refractivity contribution is 7.91. The second kappa shape index (κ2) is 7.23. The first-order valence-corrected chi connectivity index (χ1v) is 8.45. The van der Waals surface area contributed by atoms with Crippen LogP contribution in [0.5, 0.6) is 0 Å². The van der Waals surface area contributed by atoms with Gasteiger partial charge < -0.3 is 4.74 Å². The van der Waals surface area contributed by atoms with Crippen LogP contribution in [0.4, 0.5) is 0 Å². The van der Waals surface area contributed by atoms with Crippen LogP contribution >= 0.6 is 22.9 Å². The van der Waals surface area contributed by atoms with Gasteiger partial charge in [-0.25, -0.2) is 13.1 Å². The van der Waals surface area contributed by atoms with Crippen LogP contribution in [0.25, 0.3) is 0 Å². The van der Waals surface area contributed by atoms with E-state index in [9.17, 15) is 13.2 Å². The lowest BCUT2D eigenvalue weighted by Crippen LogP contribution is -2.24. The van der Waals surface area contributed by atoms with Gasteiger partial charge in [-0.3, -0.25) is 4.79 Å². The minimum Gasteiger partial charge on any atom is -0.466 e. The van der Waals surface area contributed by atoms with Gasteiger partial charge in [-0.15, -0.1) is 11.3 Å². The van der Waals surface area contributed by atoms with E-state index >= 15 is 0 Å². The third kappa shape index (κ3) is 5.10. The van der Waals surface area contributed by atoms with Crippen LogP contribution < -0.4 is 4.72 Å². The van der Waals surface area contributed by atoms with Crippen LogP contribution in [0.1, 0.15) is 25.3 Å². The molecule has 0 aromatic carbocycles. The fourth-order valence-electron chi connectivity index (χ4n) is 1.31. The average Bonchev–Trinajstić information content (AvgIpc) is 2.67. The molecule has 0 aliphatic carbocycles. The maximum Gasteiger partial charge on any atom is 0.305 e. The highest BCUT2D eigenvalue weighted by atomic mass is 35.5. The molecule has 0 unspecified atom stereocenters. The molecule has 0 atom stereocenters. The number of esters is 1. The molecule has 0 saturated carbocycles. The summed E-state index contributed by atoms with van der Waals surface area (Å²) in [4.78, 5) is 11.1. The van der Waals surface area contributed by atoms with Crippen molar-refractivity contribution in [2.24, 2.45) is 0 Å². The molecule has 0 aliphatic rings. The number of thiophene rings is 1. The number of rotatable bonds is 7. The third-order valence-corrected chi connectivity index (χ3v) is 5.74. The zero-order valence-electron chi connectivity index (χ0n) is 10.7. The van der Waals surface area contributed by atoms with Gasteiger partial charge in [0, 0.05) is 13.0 Å². The Kier molecular flexibility index (Phi) is 6.25. The standard InChI is InChI=1S/C11H16ClNO4S2/c1-3-17-9(14)5-4-6-13-19(15,16)10-7-8(2)11(12)18-10/h7,13H,3-6H2,1-2H3. The summed E-state index contributed by atoms with van der Waals surface area (Å²) in [5.41, 5.74) is 0.735. The van der Waals surface area contributed by atoms with Gasteiger partial charge in [0.15, 0.2) is 0 Å². The Bertz CT molecular complexity index is 519. The van der Waals surface area contributed by atoms with E-state index in [4.69, 9.17) is 16.3 Å². The van der Waals surface area contributed by atoms with Crippen molar-refractivity contribution in [1.82, 2.24) is 4.72 Å². The highest BCUT2D eigenvalue weighted by Crippen LogP contribution is 2.29. The summed E-state index contributed by atoms with van der Waals surface area (Å²) in [5, 5.41) is 0. The molecular formula is C11H16ClNO4S2. The zero-order valence-corrected chi connectivity index (χ0v) is 13.1. The largest absolute Gasteiger partial charge is 0.466 e. The molecule has 0 bridgehead atoms. The number of carbonyl (C=O) groups is 1. The molecule has 1 rings (SSSR count). The van der Waals surface area contributed by atoms with E-state index in [0.29, 0.717) is 17.4 Å². The normalized spacial score (nSPS) is 11.5. The zero-order chi connectivity index (χ0) is 14.5. The number of hydrogen-bond donors (Lipinski definition) is 1. The summed E-state index contributed by atoms with van der Waals surface area (Å²) >= 11 is 6.86. The van der Waals surface area contributed by atoms with Crippen molar-refractivity contribution < 1.29 is 17.9 Å². The SMILES string of the molecule is CCOC(=O)CCCNS(=O)(=O)c1cc(C)c(Cl)s1. The quantitative estimate of drug-likeness (QED) is 0.617. The molecule has 1 heterocycles. The molecule has 19 heavy (non-hydrogen) atoms. The first kappa shape index (κ1) is 16.4. The fraction of sp³-hybridized carbons (Fsp3) is 0.545. The van der Waals surface area contributed by atoms with Gasteiger partial charge in [0.2, 0.25) is 10.0 Å². The topological polar surface area (TPSA) is 72.5 Å². The Hall–Kier alpha value is -0.630. The average molecular weight is 326 g/mol. The molecule has 0 spiro atoms. The van der Waals surface area contributed by atoms with Gasteiger partial charge >= 0.3 is 5.97 Å². The molecule has 0 saturated heterocycles. The molecule has 8 heteroatoms. The van der Waals surface area contributed by atoms with E-state index in [-0.39, 0.29) is 23.1 Å². The van der Waals surface area contributed by atoms with E-state index in [1.807, 2.05) is 0 Å². The van der Waals surface area contributed by atoms with Crippen molar-refractivity contribution in [2.45, 2.75) is 30.9 Å². The second-order valence-electron chi connectivity index (χ2n) is 3.83. The fourth-order valence-corrected chi connectivity index (χ4v) is 4.13. The van der Waals surface area contributed by atoms with Gasteiger partial charge in [-0.2, -0.15) is 0 Å². The van der Waals surface area contributed by atoms with Crippen LogP contribution in [0.3, 0.4) is 0 Å². The molecule has 0 radical (unpaired) electrons. The smallest absolute Gasteiger partial charge is 0.305 e. The van der Waals surface area contributed by atoms with Gasteiger partial charge in [-0.1, -0.05) is 11.6 Å². The number of sulfonamides is 1. The van der Waals surface area contributed by atoms with Crippen molar-refractivity contribution >= 4 is 38.9 Å². The van der Waals surface area contributed by atoms with E-state index < -0.39 is 10.0 Å². The molecule has 0 aliphatic heterocycles. The summed E-state index contributed by atoms with van der Waals surface area (Å²) in [6.07, 6.45) is 0.594. The van der Waals surface area contributed by atoms with Gasteiger partial charge in [-0.05, 0) is 31.9 Å².